The summed E-state index contributed by atoms with van der Waals surface area (Å²) in [5.74, 6) is -1.43. The normalized spacial score (nSPS) is 24.6. The lowest BCUT2D eigenvalue weighted by molar-refractivity contribution is -0.123. The highest BCUT2D eigenvalue weighted by atomic mass is 35.5. The van der Waals surface area contributed by atoms with Crippen molar-refractivity contribution < 1.29 is 28.7 Å². The number of carbonyl (C=O) groups is 4. The number of fused-ring (bicyclic) bond motifs is 5. The summed E-state index contributed by atoms with van der Waals surface area (Å²) in [4.78, 5) is 53.5. The second-order valence-corrected chi connectivity index (χ2v) is 10.9. The van der Waals surface area contributed by atoms with Crippen molar-refractivity contribution in [3.05, 3.63) is 88.9 Å². The van der Waals surface area contributed by atoms with Crippen LogP contribution in [-0.2, 0) is 19.1 Å². The zero-order chi connectivity index (χ0) is 28.0. The van der Waals surface area contributed by atoms with Gasteiger partial charge in [-0.3, -0.25) is 19.3 Å². The van der Waals surface area contributed by atoms with Crippen LogP contribution in [0.15, 0.2) is 72.8 Å². The summed E-state index contributed by atoms with van der Waals surface area (Å²) in [6.07, 6.45) is 1.79. The maximum Gasteiger partial charge on any atom is 0.338 e. The van der Waals surface area contributed by atoms with Crippen LogP contribution < -0.4 is 15.0 Å². The third-order valence-electron chi connectivity index (χ3n) is 8.35. The number of nitrogens with zero attached hydrogens (tertiary/aromatic N) is 1. The van der Waals surface area contributed by atoms with E-state index in [9.17, 15) is 19.2 Å². The van der Waals surface area contributed by atoms with Gasteiger partial charge in [-0.1, -0.05) is 48.0 Å². The molecule has 0 spiro atoms. The van der Waals surface area contributed by atoms with Gasteiger partial charge in [-0.15, -0.1) is 0 Å². The topological polar surface area (TPSA) is 102 Å². The first-order chi connectivity index (χ1) is 19.4. The SMILES string of the molecule is COc1ccc(Cl)cc1NC(=O)COC(=O)c1cccc(N2C(=O)[C@@H]3[C@@H]4C[C@@H]([C@H]3C2=O)[C@H](c2ccccc2)C4)c1. The van der Waals surface area contributed by atoms with E-state index in [1.165, 1.54) is 35.8 Å². The number of anilines is 2. The molecule has 8 nitrogen and oxygen atoms in total. The van der Waals surface area contributed by atoms with Crippen molar-refractivity contribution in [2.75, 3.05) is 23.9 Å². The maximum absolute atomic E-state index is 13.6. The van der Waals surface area contributed by atoms with E-state index in [0.717, 1.165) is 12.8 Å². The quantitative estimate of drug-likeness (QED) is 0.321. The minimum absolute atomic E-state index is 0.128. The van der Waals surface area contributed by atoms with Crippen LogP contribution in [0.2, 0.25) is 5.02 Å². The number of esters is 1. The summed E-state index contributed by atoms with van der Waals surface area (Å²) >= 11 is 6.00. The molecule has 3 aliphatic rings. The summed E-state index contributed by atoms with van der Waals surface area (Å²) in [6.45, 7) is -0.547. The third-order valence-corrected chi connectivity index (χ3v) is 8.59. The lowest BCUT2D eigenvalue weighted by atomic mass is 9.73. The fourth-order valence-electron chi connectivity index (χ4n) is 6.75. The molecule has 2 bridgehead atoms. The number of methoxy groups -OCH3 is 1. The average molecular weight is 559 g/mol. The van der Waals surface area contributed by atoms with E-state index in [1.807, 2.05) is 18.2 Å². The molecule has 40 heavy (non-hydrogen) atoms. The van der Waals surface area contributed by atoms with Gasteiger partial charge < -0.3 is 14.8 Å². The molecule has 5 atom stereocenters. The van der Waals surface area contributed by atoms with Gasteiger partial charge in [0.1, 0.15) is 5.75 Å². The smallest absolute Gasteiger partial charge is 0.338 e. The molecule has 204 valence electrons. The Labute approximate surface area is 236 Å². The number of rotatable bonds is 7. The molecule has 2 aliphatic carbocycles. The van der Waals surface area contributed by atoms with E-state index in [4.69, 9.17) is 21.1 Å². The first-order valence-corrected chi connectivity index (χ1v) is 13.6. The fraction of sp³-hybridized carbons (Fsp3) is 0.290. The molecule has 1 saturated heterocycles. The predicted molar refractivity (Wildman–Crippen MR) is 148 cm³/mol. The van der Waals surface area contributed by atoms with E-state index in [-0.39, 0.29) is 47.0 Å². The molecular weight excluding hydrogens is 532 g/mol. The third kappa shape index (κ3) is 4.52. The van der Waals surface area contributed by atoms with Gasteiger partial charge in [-0.2, -0.15) is 0 Å². The number of amides is 3. The second kappa shape index (κ2) is 10.4. The summed E-state index contributed by atoms with van der Waals surface area (Å²) in [5.41, 5.74) is 2.03. The van der Waals surface area contributed by atoms with Crippen molar-refractivity contribution >= 4 is 46.7 Å². The molecule has 3 amide bonds. The largest absolute Gasteiger partial charge is 0.495 e. The maximum atomic E-state index is 13.6. The molecule has 2 saturated carbocycles. The monoisotopic (exact) mass is 558 g/mol. The van der Waals surface area contributed by atoms with Crippen LogP contribution >= 0.6 is 11.6 Å². The second-order valence-electron chi connectivity index (χ2n) is 10.5. The van der Waals surface area contributed by atoms with Gasteiger partial charge in [0.05, 0.1) is 35.9 Å². The van der Waals surface area contributed by atoms with Crippen LogP contribution in [0, 0.1) is 23.7 Å². The molecule has 0 unspecified atom stereocenters. The predicted octanol–water partition coefficient (Wildman–Crippen LogP) is 5.07. The van der Waals surface area contributed by atoms with Gasteiger partial charge in [0, 0.05) is 5.02 Å². The Bertz CT molecular complexity index is 1510. The Morgan fingerprint density at radius 3 is 2.50 bits per heavy atom. The van der Waals surface area contributed by atoms with Crippen molar-refractivity contribution in [2.24, 2.45) is 23.7 Å². The molecule has 3 aromatic carbocycles. The van der Waals surface area contributed by atoms with E-state index in [2.05, 4.69) is 17.4 Å². The van der Waals surface area contributed by atoms with Gasteiger partial charge in [-0.05, 0) is 72.6 Å². The molecule has 0 aromatic heterocycles. The molecule has 3 aromatic rings. The molecule has 3 fully saturated rings. The number of hydrogen-bond acceptors (Lipinski definition) is 6. The Balaban J connectivity index is 1.14. The zero-order valence-corrected chi connectivity index (χ0v) is 22.5. The molecule has 9 heteroatoms. The highest BCUT2D eigenvalue weighted by Gasteiger charge is 2.64. The summed E-state index contributed by atoms with van der Waals surface area (Å²) < 4.78 is 10.4. The minimum Gasteiger partial charge on any atom is -0.495 e. The van der Waals surface area contributed by atoms with Crippen molar-refractivity contribution in [2.45, 2.75) is 18.8 Å². The van der Waals surface area contributed by atoms with E-state index >= 15 is 0 Å². The molecule has 0 radical (unpaired) electrons. The number of halogens is 1. The number of carbonyl (C=O) groups excluding carboxylic acids is 4. The van der Waals surface area contributed by atoms with Gasteiger partial charge in [0.25, 0.3) is 5.91 Å². The Kier molecular flexibility index (Phi) is 6.80. The number of hydrogen-bond donors (Lipinski definition) is 1. The summed E-state index contributed by atoms with van der Waals surface area (Å²) in [5, 5.41) is 3.01. The van der Waals surface area contributed by atoms with Crippen LogP contribution in [-0.4, -0.2) is 37.4 Å². The first-order valence-electron chi connectivity index (χ1n) is 13.2. The van der Waals surface area contributed by atoms with Crippen molar-refractivity contribution in [3.8, 4) is 5.75 Å². The standard InChI is InChI=1S/C31H27ClN2O6/c1-39-25-11-10-20(32)15-24(25)33-26(35)16-40-31(38)18-8-5-9-21(12-18)34-29(36)27-19-13-22(17-6-3-2-4-7-17)23(14-19)28(27)30(34)37/h2-12,15,19,22-23,27-28H,13-14,16H2,1H3,(H,33,35)/t19-,22-,23+,27+,28+/m0/s1. The van der Waals surface area contributed by atoms with Crippen molar-refractivity contribution in [1.82, 2.24) is 0 Å². The molecular formula is C31H27ClN2O6. The molecule has 1 N–H and O–H groups in total. The van der Waals surface area contributed by atoms with Crippen LogP contribution in [0.4, 0.5) is 11.4 Å². The van der Waals surface area contributed by atoms with E-state index < -0.39 is 18.5 Å². The Morgan fingerprint density at radius 2 is 1.73 bits per heavy atom. The summed E-state index contributed by atoms with van der Waals surface area (Å²) in [7, 11) is 1.46. The lowest BCUT2D eigenvalue weighted by Crippen LogP contribution is -2.33. The fourth-order valence-corrected chi connectivity index (χ4v) is 6.92. The van der Waals surface area contributed by atoms with Crippen LogP contribution in [0.25, 0.3) is 0 Å². The lowest BCUT2D eigenvalue weighted by Gasteiger charge is -2.28. The Morgan fingerprint density at radius 1 is 0.950 bits per heavy atom. The minimum atomic E-state index is -0.751. The van der Waals surface area contributed by atoms with Gasteiger partial charge in [0.15, 0.2) is 6.61 Å². The first kappa shape index (κ1) is 26.1. The van der Waals surface area contributed by atoms with Crippen LogP contribution in [0.3, 0.4) is 0 Å². The van der Waals surface area contributed by atoms with Crippen LogP contribution in [0.1, 0.15) is 34.7 Å². The zero-order valence-electron chi connectivity index (χ0n) is 21.7. The van der Waals surface area contributed by atoms with Crippen molar-refractivity contribution in [3.63, 3.8) is 0 Å². The van der Waals surface area contributed by atoms with Crippen LogP contribution in [0.5, 0.6) is 5.75 Å². The molecule has 6 rings (SSSR count). The van der Waals surface area contributed by atoms with Crippen molar-refractivity contribution in [1.29, 1.82) is 0 Å². The molecule has 1 heterocycles. The molecule has 1 aliphatic heterocycles. The average Bonchev–Trinajstić information content (AvgIpc) is 3.63. The van der Waals surface area contributed by atoms with E-state index in [0.29, 0.717) is 22.1 Å². The van der Waals surface area contributed by atoms with Gasteiger partial charge in [0.2, 0.25) is 11.8 Å². The van der Waals surface area contributed by atoms with E-state index in [1.54, 1.807) is 24.3 Å². The number of ether oxygens (including phenoxy) is 2. The van der Waals surface area contributed by atoms with Gasteiger partial charge >= 0.3 is 5.97 Å². The summed E-state index contributed by atoms with van der Waals surface area (Å²) in [6, 6.07) is 21.2. The highest BCUT2D eigenvalue weighted by molar-refractivity contribution is 6.31. The van der Waals surface area contributed by atoms with Gasteiger partial charge in [-0.25, -0.2) is 4.79 Å². The number of imide groups is 1. The number of nitrogens with one attached hydrogen (secondary N) is 1. The highest BCUT2D eigenvalue weighted by Crippen LogP contribution is 2.61. The Hall–Kier alpha value is -4.17. The number of benzene rings is 3.